The minimum absolute atomic E-state index is 0.0814. The Balaban J connectivity index is 3.98. The van der Waals surface area contributed by atoms with Crippen LogP contribution in [0.5, 0.6) is 0 Å². The lowest BCUT2D eigenvalue weighted by molar-refractivity contribution is -0.167. The summed E-state index contributed by atoms with van der Waals surface area (Å²) in [7, 11) is 0. The molecule has 1 unspecified atom stereocenters. The van der Waals surface area contributed by atoms with Gasteiger partial charge in [0, 0.05) is 19.3 Å². The summed E-state index contributed by atoms with van der Waals surface area (Å²) in [5.74, 6) is -0.901. The third kappa shape index (κ3) is 62.8. The van der Waals surface area contributed by atoms with Crippen LogP contribution in [0.15, 0.2) is 109 Å². The van der Waals surface area contributed by atoms with Crippen LogP contribution >= 0.6 is 0 Å². The maximum Gasteiger partial charge on any atom is 0.306 e. The molecule has 0 saturated heterocycles. The summed E-state index contributed by atoms with van der Waals surface area (Å²) in [6, 6.07) is 0. The molecule has 77 heavy (non-hydrogen) atoms. The molecule has 0 bridgehead atoms. The van der Waals surface area contributed by atoms with Gasteiger partial charge in [-0.3, -0.25) is 14.4 Å². The van der Waals surface area contributed by atoms with Crippen LogP contribution in [0.2, 0.25) is 0 Å². The molecule has 0 heterocycles. The lowest BCUT2D eigenvalue weighted by Gasteiger charge is -2.18. The van der Waals surface area contributed by atoms with E-state index in [2.05, 4.69) is 130 Å². The van der Waals surface area contributed by atoms with Gasteiger partial charge in [0.15, 0.2) is 6.10 Å². The molecule has 440 valence electrons. The first kappa shape index (κ1) is 73.1. The molecule has 0 aromatic carbocycles. The lowest BCUT2D eigenvalue weighted by Crippen LogP contribution is -2.30. The van der Waals surface area contributed by atoms with E-state index in [1.807, 2.05) is 0 Å². The zero-order valence-electron chi connectivity index (χ0n) is 50.4. The molecule has 0 saturated carbocycles. The fourth-order valence-corrected chi connectivity index (χ4v) is 8.92. The first-order valence-electron chi connectivity index (χ1n) is 32.4. The summed E-state index contributed by atoms with van der Waals surface area (Å²) in [5, 5.41) is 0. The molecular formula is C71H120O6. The van der Waals surface area contributed by atoms with Crippen LogP contribution in [0.3, 0.4) is 0 Å². The number of allylic oxidation sites excluding steroid dienone is 18. The van der Waals surface area contributed by atoms with Crippen molar-refractivity contribution < 1.29 is 28.6 Å². The highest BCUT2D eigenvalue weighted by Gasteiger charge is 2.19. The molecule has 0 aromatic heterocycles. The molecule has 0 N–H and O–H groups in total. The maximum atomic E-state index is 12.8. The quantitative estimate of drug-likeness (QED) is 0.0261. The number of hydrogen-bond acceptors (Lipinski definition) is 6. The highest BCUT2D eigenvalue weighted by atomic mass is 16.6. The van der Waals surface area contributed by atoms with Crippen molar-refractivity contribution >= 4 is 17.9 Å². The molecule has 0 amide bonds. The van der Waals surface area contributed by atoms with Crippen LogP contribution in [-0.4, -0.2) is 37.2 Å². The Hall–Kier alpha value is -3.93. The van der Waals surface area contributed by atoms with E-state index in [4.69, 9.17) is 14.2 Å². The number of carbonyl (C=O) groups is 3. The highest BCUT2D eigenvalue weighted by Crippen LogP contribution is 2.16. The van der Waals surface area contributed by atoms with Gasteiger partial charge in [-0.2, -0.15) is 0 Å². The van der Waals surface area contributed by atoms with Gasteiger partial charge < -0.3 is 14.2 Å². The van der Waals surface area contributed by atoms with Crippen molar-refractivity contribution in [2.75, 3.05) is 13.2 Å². The molecule has 6 heteroatoms. The molecule has 0 aliphatic carbocycles. The molecule has 0 radical (unpaired) electrons. The van der Waals surface area contributed by atoms with Crippen LogP contribution in [0.1, 0.15) is 303 Å². The molecule has 0 aliphatic rings. The number of hydrogen-bond donors (Lipinski definition) is 0. The monoisotopic (exact) mass is 1070 g/mol. The molecular weight excluding hydrogens is 949 g/mol. The molecule has 0 rings (SSSR count). The van der Waals surface area contributed by atoms with Crippen molar-refractivity contribution in [1.29, 1.82) is 0 Å². The van der Waals surface area contributed by atoms with Gasteiger partial charge in [0.1, 0.15) is 13.2 Å². The Kier molecular flexibility index (Phi) is 61.3. The van der Waals surface area contributed by atoms with E-state index in [1.165, 1.54) is 135 Å². The second-order valence-electron chi connectivity index (χ2n) is 21.3. The van der Waals surface area contributed by atoms with Gasteiger partial charge >= 0.3 is 17.9 Å². The van der Waals surface area contributed by atoms with Crippen molar-refractivity contribution in [2.24, 2.45) is 0 Å². The van der Waals surface area contributed by atoms with Gasteiger partial charge in [-0.1, -0.05) is 284 Å². The summed E-state index contributed by atoms with van der Waals surface area (Å²) in [5.41, 5.74) is 0. The van der Waals surface area contributed by atoms with Gasteiger partial charge in [-0.05, 0) is 109 Å². The number of rotatable bonds is 58. The van der Waals surface area contributed by atoms with Crippen LogP contribution < -0.4 is 0 Å². The van der Waals surface area contributed by atoms with Crippen molar-refractivity contribution in [3.05, 3.63) is 109 Å². The standard InChI is InChI=1S/C71H120O6/c1-4-7-10-13-15-17-19-21-23-25-27-28-29-30-31-32-33-34-35-36-37-38-39-40-41-42-44-45-47-49-51-53-55-58-61-64-70(73)76-67-68(66-75-69(72)63-60-57-12-9-6-3)77-71(74)65-62-59-56-54-52-50-48-46-43-26-24-22-20-18-16-14-11-8-5-2/h7,10,15-18,21-24,27-28,30-31,33-34,43,46,68H,4-6,8-9,11-14,19-20,25-26,29,32,35-42,44-45,47-67H2,1-3H3/b10-7-,17-15-,18-16-,23-21-,24-22-,28-27-,31-30-,34-33-,46-43-. The lowest BCUT2D eigenvalue weighted by atomic mass is 10.0. The van der Waals surface area contributed by atoms with Gasteiger partial charge in [0.05, 0.1) is 0 Å². The Morgan fingerprint density at radius 3 is 0.818 bits per heavy atom. The molecule has 0 spiro atoms. The Labute approximate surface area is 476 Å². The van der Waals surface area contributed by atoms with Crippen LogP contribution in [0.25, 0.3) is 0 Å². The fourth-order valence-electron chi connectivity index (χ4n) is 8.92. The van der Waals surface area contributed by atoms with Crippen LogP contribution in [0, 0.1) is 0 Å². The second kappa shape index (κ2) is 64.6. The van der Waals surface area contributed by atoms with Gasteiger partial charge in [-0.25, -0.2) is 0 Å². The van der Waals surface area contributed by atoms with Crippen molar-refractivity contribution in [1.82, 2.24) is 0 Å². The zero-order chi connectivity index (χ0) is 55.7. The average Bonchev–Trinajstić information content (AvgIpc) is 3.43. The van der Waals surface area contributed by atoms with E-state index in [0.717, 1.165) is 128 Å². The SMILES string of the molecule is CC/C=C\C/C=C\C/C=C\C/C=C\C/C=C\C/C=C\CCCCCCCCCCCCCCCCCCC(=O)OCC(COC(=O)CCCCCCC)OC(=O)CCCCCCCC/C=C\C/C=C\C/C=C\CCCCC. The average molecular weight is 1070 g/mol. The van der Waals surface area contributed by atoms with Gasteiger partial charge in [0.25, 0.3) is 0 Å². The molecule has 0 aliphatic heterocycles. The predicted molar refractivity (Wildman–Crippen MR) is 334 cm³/mol. The Bertz CT molecular complexity index is 1560. The summed E-state index contributed by atoms with van der Waals surface area (Å²) in [4.78, 5) is 37.9. The molecule has 0 fully saturated rings. The summed E-state index contributed by atoms with van der Waals surface area (Å²) >= 11 is 0. The Morgan fingerprint density at radius 2 is 0.506 bits per heavy atom. The van der Waals surface area contributed by atoms with Crippen molar-refractivity contribution in [2.45, 2.75) is 309 Å². The first-order valence-corrected chi connectivity index (χ1v) is 32.4. The largest absolute Gasteiger partial charge is 0.462 e. The highest BCUT2D eigenvalue weighted by molar-refractivity contribution is 5.71. The van der Waals surface area contributed by atoms with Crippen LogP contribution in [-0.2, 0) is 28.6 Å². The molecule has 1 atom stereocenters. The van der Waals surface area contributed by atoms with E-state index in [-0.39, 0.29) is 31.1 Å². The van der Waals surface area contributed by atoms with E-state index in [1.54, 1.807) is 0 Å². The second-order valence-corrected chi connectivity index (χ2v) is 21.3. The normalized spacial score (nSPS) is 12.8. The fraction of sp³-hybridized carbons (Fsp3) is 0.704. The van der Waals surface area contributed by atoms with E-state index in [0.29, 0.717) is 19.3 Å². The Morgan fingerprint density at radius 1 is 0.273 bits per heavy atom. The maximum absolute atomic E-state index is 12.8. The first-order chi connectivity index (χ1) is 38.0. The van der Waals surface area contributed by atoms with Gasteiger partial charge in [0.2, 0.25) is 0 Å². The minimum atomic E-state index is -0.781. The summed E-state index contributed by atoms with van der Waals surface area (Å²) < 4.78 is 16.8. The topological polar surface area (TPSA) is 78.9 Å². The smallest absolute Gasteiger partial charge is 0.306 e. The van der Waals surface area contributed by atoms with E-state index >= 15 is 0 Å². The van der Waals surface area contributed by atoms with Gasteiger partial charge in [-0.15, -0.1) is 0 Å². The molecule has 6 nitrogen and oxygen atoms in total. The number of ether oxygens (including phenoxy) is 3. The third-order valence-corrected chi connectivity index (χ3v) is 13.8. The number of unbranched alkanes of at least 4 members (excludes halogenated alkanes) is 29. The number of esters is 3. The minimum Gasteiger partial charge on any atom is -0.462 e. The summed E-state index contributed by atoms with van der Waals surface area (Å²) in [6.07, 6.45) is 88.7. The molecule has 0 aromatic rings. The van der Waals surface area contributed by atoms with Crippen molar-refractivity contribution in [3.63, 3.8) is 0 Å². The number of carbonyl (C=O) groups excluding carboxylic acids is 3. The van der Waals surface area contributed by atoms with Crippen LogP contribution in [0.4, 0.5) is 0 Å². The van der Waals surface area contributed by atoms with Crippen molar-refractivity contribution in [3.8, 4) is 0 Å². The van der Waals surface area contributed by atoms with E-state index in [9.17, 15) is 14.4 Å². The predicted octanol–water partition coefficient (Wildman–Crippen LogP) is 22.2. The zero-order valence-corrected chi connectivity index (χ0v) is 50.4. The third-order valence-electron chi connectivity index (χ3n) is 13.8. The van der Waals surface area contributed by atoms with E-state index < -0.39 is 6.10 Å². The summed E-state index contributed by atoms with van der Waals surface area (Å²) in [6.45, 7) is 6.42.